The third-order valence-electron chi connectivity index (χ3n) is 2.03. The Morgan fingerprint density at radius 3 is 2.86 bits per heavy atom. The van der Waals surface area contributed by atoms with E-state index in [9.17, 15) is 4.79 Å². The van der Waals surface area contributed by atoms with Gasteiger partial charge in [-0.15, -0.1) is 0 Å². The highest BCUT2D eigenvalue weighted by atomic mass is 16.1. The summed E-state index contributed by atoms with van der Waals surface area (Å²) in [5.74, 6) is 1.21. The number of aliphatic imine (C=N–C) groups is 1. The molecule has 1 aliphatic rings. The lowest BCUT2D eigenvalue weighted by Crippen LogP contribution is -2.28. The van der Waals surface area contributed by atoms with Crippen LogP contribution in [0.15, 0.2) is 9.79 Å². The quantitative estimate of drug-likeness (QED) is 0.535. The summed E-state index contributed by atoms with van der Waals surface area (Å²) in [6, 6.07) is 0. The summed E-state index contributed by atoms with van der Waals surface area (Å²) in [6.45, 7) is 3.41. The number of nitrogens with one attached hydrogen (secondary N) is 2. The molecule has 0 radical (unpaired) electrons. The van der Waals surface area contributed by atoms with Gasteiger partial charge in [-0.1, -0.05) is 0 Å². The first-order chi connectivity index (χ1) is 6.58. The monoisotopic (exact) mass is 193 g/mol. The number of nitrogens with two attached hydrogens (primary N) is 1. The van der Waals surface area contributed by atoms with Gasteiger partial charge in [0.15, 0.2) is 0 Å². The maximum absolute atomic E-state index is 11.3. The Balaban J connectivity index is 2.60. The van der Waals surface area contributed by atoms with E-state index in [0.717, 1.165) is 0 Å². The first kappa shape index (κ1) is 8.89. The van der Waals surface area contributed by atoms with Gasteiger partial charge in [0.1, 0.15) is 29.2 Å². The molecule has 1 aromatic rings. The van der Waals surface area contributed by atoms with Crippen LogP contribution in [-0.4, -0.2) is 15.8 Å². The number of anilines is 1. The van der Waals surface area contributed by atoms with E-state index in [4.69, 9.17) is 5.73 Å². The van der Waals surface area contributed by atoms with E-state index in [2.05, 4.69) is 20.3 Å². The molecule has 0 saturated carbocycles. The smallest absolute Gasteiger partial charge is 0.270 e. The second-order valence-corrected chi connectivity index (χ2v) is 3.20. The molecule has 1 atom stereocenters. The number of hydrogen-bond donors (Lipinski definition) is 3. The molecule has 6 nitrogen and oxygen atoms in total. The van der Waals surface area contributed by atoms with Crippen molar-refractivity contribution in [1.29, 1.82) is 0 Å². The third kappa shape index (κ3) is 1.29. The fourth-order valence-electron chi connectivity index (χ4n) is 1.35. The molecule has 0 aliphatic carbocycles. The van der Waals surface area contributed by atoms with E-state index in [-0.39, 0.29) is 5.56 Å². The highest BCUT2D eigenvalue weighted by Gasteiger charge is 2.19. The number of aromatic amines is 1. The van der Waals surface area contributed by atoms with E-state index in [1.807, 2.05) is 0 Å². The molecule has 0 amide bonds. The van der Waals surface area contributed by atoms with Crippen molar-refractivity contribution in [2.75, 3.05) is 5.32 Å². The zero-order chi connectivity index (χ0) is 10.3. The number of aryl methyl sites for hydroxylation is 1. The van der Waals surface area contributed by atoms with Crippen molar-refractivity contribution in [3.8, 4) is 0 Å². The number of H-pyrrole nitrogens is 1. The van der Waals surface area contributed by atoms with Crippen molar-refractivity contribution >= 4 is 11.7 Å². The van der Waals surface area contributed by atoms with Crippen molar-refractivity contribution in [2.45, 2.75) is 20.0 Å². The molecule has 1 aromatic heterocycles. The predicted octanol–water partition coefficient (Wildman–Crippen LogP) is -0.120. The van der Waals surface area contributed by atoms with Crippen LogP contribution in [-0.2, 0) is 0 Å². The van der Waals surface area contributed by atoms with Crippen molar-refractivity contribution in [2.24, 2.45) is 10.7 Å². The molecule has 0 unspecified atom stereocenters. The zero-order valence-corrected chi connectivity index (χ0v) is 7.96. The number of hydrogen-bond acceptors (Lipinski definition) is 5. The Kier molecular flexibility index (Phi) is 1.85. The largest absolute Gasteiger partial charge is 0.329 e. The van der Waals surface area contributed by atoms with Gasteiger partial charge >= 0.3 is 0 Å². The van der Waals surface area contributed by atoms with Crippen LogP contribution in [0.25, 0.3) is 0 Å². The molecule has 1 aliphatic heterocycles. The summed E-state index contributed by atoms with van der Waals surface area (Å²) < 4.78 is 0. The van der Waals surface area contributed by atoms with Gasteiger partial charge in [0.2, 0.25) is 0 Å². The van der Waals surface area contributed by atoms with Gasteiger partial charge in [-0.05, 0) is 13.8 Å². The molecule has 2 heterocycles. The number of fused-ring (bicyclic) bond motifs is 1. The van der Waals surface area contributed by atoms with Gasteiger partial charge in [-0.25, -0.2) is 9.98 Å². The van der Waals surface area contributed by atoms with Gasteiger partial charge < -0.3 is 16.0 Å². The second-order valence-electron chi connectivity index (χ2n) is 3.20. The Bertz CT molecular complexity index is 461. The van der Waals surface area contributed by atoms with E-state index >= 15 is 0 Å². The fraction of sp³-hybridized carbons (Fsp3) is 0.375. The summed E-state index contributed by atoms with van der Waals surface area (Å²) >= 11 is 0. The summed E-state index contributed by atoms with van der Waals surface area (Å²) in [7, 11) is 0. The molecular formula is C8H11N5O. The average Bonchev–Trinajstić information content (AvgIpc) is 2.08. The Hall–Kier alpha value is -1.69. The number of aromatic nitrogens is 2. The van der Waals surface area contributed by atoms with E-state index in [0.29, 0.717) is 23.0 Å². The highest BCUT2D eigenvalue weighted by Crippen LogP contribution is 2.20. The fourth-order valence-corrected chi connectivity index (χ4v) is 1.35. The van der Waals surface area contributed by atoms with Gasteiger partial charge in [-0.2, -0.15) is 0 Å². The Morgan fingerprint density at radius 1 is 1.43 bits per heavy atom. The number of nitrogens with zero attached hydrogens (tertiary/aromatic N) is 2. The lowest BCUT2D eigenvalue weighted by atomic mass is 10.3. The Morgan fingerprint density at radius 2 is 2.14 bits per heavy atom. The van der Waals surface area contributed by atoms with Crippen LogP contribution in [0.1, 0.15) is 24.5 Å². The summed E-state index contributed by atoms with van der Waals surface area (Å²) in [5, 5.41) is 2.91. The summed E-state index contributed by atoms with van der Waals surface area (Å²) in [4.78, 5) is 22.1. The minimum Gasteiger partial charge on any atom is -0.329 e. The van der Waals surface area contributed by atoms with Crippen molar-refractivity contribution in [1.82, 2.24) is 9.97 Å². The number of amidine groups is 1. The van der Waals surface area contributed by atoms with Crippen LogP contribution in [0.3, 0.4) is 0 Å². The molecule has 0 aromatic carbocycles. The van der Waals surface area contributed by atoms with Crippen LogP contribution < -0.4 is 16.6 Å². The second kappa shape index (κ2) is 2.91. The van der Waals surface area contributed by atoms with Crippen molar-refractivity contribution < 1.29 is 0 Å². The molecule has 0 saturated heterocycles. The van der Waals surface area contributed by atoms with E-state index in [1.165, 1.54) is 0 Å². The lowest BCUT2D eigenvalue weighted by Gasteiger charge is -2.19. The van der Waals surface area contributed by atoms with Gasteiger partial charge in [0.05, 0.1) is 0 Å². The number of rotatable bonds is 0. The SMILES string of the molecule is CC1=N[C@@H](N)c2nc(C)c(=O)[nH]c2N1. The predicted molar refractivity (Wildman–Crippen MR) is 53.3 cm³/mol. The van der Waals surface area contributed by atoms with Gasteiger partial charge in [0, 0.05) is 0 Å². The van der Waals surface area contributed by atoms with Crippen molar-refractivity contribution in [3.63, 3.8) is 0 Å². The van der Waals surface area contributed by atoms with Crippen LogP contribution in [0.2, 0.25) is 0 Å². The Labute approximate surface area is 80.3 Å². The normalized spacial score (nSPS) is 19.6. The molecule has 4 N–H and O–H groups in total. The maximum atomic E-state index is 11.3. The molecule has 0 spiro atoms. The van der Waals surface area contributed by atoms with Crippen LogP contribution in [0.4, 0.5) is 5.82 Å². The average molecular weight is 193 g/mol. The first-order valence-corrected chi connectivity index (χ1v) is 4.26. The summed E-state index contributed by atoms with van der Waals surface area (Å²) in [5.41, 5.74) is 6.51. The molecule has 2 rings (SSSR count). The maximum Gasteiger partial charge on any atom is 0.270 e. The lowest BCUT2D eigenvalue weighted by molar-refractivity contribution is 0.722. The topological polar surface area (TPSA) is 96.2 Å². The van der Waals surface area contributed by atoms with E-state index < -0.39 is 6.17 Å². The van der Waals surface area contributed by atoms with Gasteiger partial charge in [0.25, 0.3) is 5.56 Å². The molecule has 74 valence electrons. The highest BCUT2D eigenvalue weighted by molar-refractivity contribution is 5.94. The van der Waals surface area contributed by atoms with Gasteiger partial charge in [-0.3, -0.25) is 4.79 Å². The molecular weight excluding hydrogens is 182 g/mol. The molecule has 0 bridgehead atoms. The van der Waals surface area contributed by atoms with Crippen molar-refractivity contribution in [3.05, 3.63) is 21.7 Å². The third-order valence-corrected chi connectivity index (χ3v) is 2.03. The van der Waals surface area contributed by atoms with E-state index in [1.54, 1.807) is 13.8 Å². The molecule has 14 heavy (non-hydrogen) atoms. The minimum absolute atomic E-state index is 0.210. The standard InChI is InChI=1S/C8H11N5O/c1-3-8(14)13-7-5(10-3)6(9)11-4(2)12-7/h6H,9H2,1-2H3,(H2,11,12,13,14)/t6-/m1/s1. The molecule has 6 heteroatoms. The van der Waals surface area contributed by atoms with Crippen LogP contribution in [0.5, 0.6) is 0 Å². The minimum atomic E-state index is -0.498. The van der Waals surface area contributed by atoms with Crippen LogP contribution >= 0.6 is 0 Å². The van der Waals surface area contributed by atoms with Crippen LogP contribution in [0, 0.1) is 6.92 Å². The summed E-state index contributed by atoms with van der Waals surface area (Å²) in [6.07, 6.45) is -0.498. The zero-order valence-electron chi connectivity index (χ0n) is 7.96. The molecule has 0 fully saturated rings. The first-order valence-electron chi connectivity index (χ1n) is 4.26.